The van der Waals surface area contributed by atoms with E-state index in [4.69, 9.17) is 5.11 Å². The van der Waals surface area contributed by atoms with Gasteiger partial charge in [0.05, 0.1) is 5.56 Å². The Labute approximate surface area is 123 Å². The molecule has 3 N–H and O–H groups in total. The van der Waals surface area contributed by atoms with Gasteiger partial charge >= 0.3 is 5.97 Å². The molecule has 106 valence electrons. The van der Waals surface area contributed by atoms with Crippen molar-refractivity contribution in [3.05, 3.63) is 40.0 Å². The van der Waals surface area contributed by atoms with E-state index >= 15 is 0 Å². The molecule has 0 radical (unpaired) electrons. The zero-order chi connectivity index (χ0) is 14.9. The van der Waals surface area contributed by atoms with Crippen molar-refractivity contribution >= 4 is 37.7 Å². The molecule has 2 rings (SSSR count). The van der Waals surface area contributed by atoms with Crippen LogP contribution in [0.3, 0.4) is 0 Å². The molecule has 0 saturated heterocycles. The van der Waals surface area contributed by atoms with Crippen LogP contribution in [-0.2, 0) is 10.0 Å². The molecule has 0 spiro atoms. The predicted molar refractivity (Wildman–Crippen MR) is 75.2 cm³/mol. The van der Waals surface area contributed by atoms with E-state index in [1.165, 1.54) is 18.2 Å². The molecule has 1 heterocycles. The number of hydrogen-bond acceptors (Lipinski definition) is 4. The molecule has 0 bridgehead atoms. The minimum absolute atomic E-state index is 0.119. The molecule has 0 atom stereocenters. The fourth-order valence-electron chi connectivity index (χ4n) is 1.51. The number of hydrogen-bond donors (Lipinski definition) is 3. The largest absolute Gasteiger partial charge is 0.478 e. The van der Waals surface area contributed by atoms with Crippen LogP contribution in [0.5, 0.6) is 0 Å². The summed E-state index contributed by atoms with van der Waals surface area (Å²) in [4.78, 5) is 10.7. The Morgan fingerprint density at radius 3 is 2.65 bits per heavy atom. The number of H-pyrrole nitrogens is 1. The Morgan fingerprint density at radius 2 is 2.10 bits per heavy atom. The first-order valence-corrected chi connectivity index (χ1v) is 7.65. The minimum atomic E-state index is -3.93. The van der Waals surface area contributed by atoms with Crippen LogP contribution < -0.4 is 4.72 Å². The summed E-state index contributed by atoms with van der Waals surface area (Å²) in [6.45, 7) is 1.73. The molecule has 20 heavy (non-hydrogen) atoms. The van der Waals surface area contributed by atoms with E-state index in [-0.39, 0.29) is 20.7 Å². The van der Waals surface area contributed by atoms with Gasteiger partial charge in [0.1, 0.15) is 4.90 Å². The molecular formula is C11H10BrN3O4S. The molecule has 0 aliphatic rings. The van der Waals surface area contributed by atoms with Gasteiger partial charge in [-0.15, -0.1) is 0 Å². The number of anilines is 1. The molecule has 0 amide bonds. The monoisotopic (exact) mass is 359 g/mol. The number of benzene rings is 1. The summed E-state index contributed by atoms with van der Waals surface area (Å²) in [6, 6.07) is 5.28. The molecular weight excluding hydrogens is 350 g/mol. The Morgan fingerprint density at radius 1 is 1.40 bits per heavy atom. The molecule has 9 heteroatoms. The smallest absolute Gasteiger partial charge is 0.335 e. The lowest BCUT2D eigenvalue weighted by atomic mass is 10.2. The third kappa shape index (κ3) is 2.99. The van der Waals surface area contributed by atoms with Crippen LogP contribution in [0.25, 0.3) is 0 Å². The first-order chi connectivity index (χ1) is 9.29. The van der Waals surface area contributed by atoms with Crippen LogP contribution in [0.4, 0.5) is 5.82 Å². The molecule has 7 nitrogen and oxygen atoms in total. The lowest BCUT2D eigenvalue weighted by Gasteiger charge is -2.08. The maximum Gasteiger partial charge on any atom is 0.335 e. The van der Waals surface area contributed by atoms with Gasteiger partial charge in [0.25, 0.3) is 10.0 Å². The lowest BCUT2D eigenvalue weighted by Crippen LogP contribution is -2.14. The number of aromatic carboxylic acids is 1. The van der Waals surface area contributed by atoms with Gasteiger partial charge in [-0.1, -0.05) is 0 Å². The molecule has 2 aromatic rings. The van der Waals surface area contributed by atoms with E-state index in [0.717, 1.165) is 6.07 Å². The summed E-state index contributed by atoms with van der Waals surface area (Å²) in [5, 5.41) is 15.3. The summed E-state index contributed by atoms with van der Waals surface area (Å²) in [6.07, 6.45) is 0. The van der Waals surface area contributed by atoms with Crippen LogP contribution in [0.15, 0.2) is 33.6 Å². The number of rotatable bonds is 4. The second kappa shape index (κ2) is 5.25. The molecule has 0 aliphatic carbocycles. The van der Waals surface area contributed by atoms with Crippen molar-refractivity contribution < 1.29 is 18.3 Å². The van der Waals surface area contributed by atoms with Crippen molar-refractivity contribution in [1.29, 1.82) is 0 Å². The molecule has 0 saturated carbocycles. The van der Waals surface area contributed by atoms with Gasteiger partial charge in [0.15, 0.2) is 5.82 Å². The Kier molecular flexibility index (Phi) is 3.82. The van der Waals surface area contributed by atoms with E-state index < -0.39 is 16.0 Å². The predicted octanol–water partition coefficient (Wildman–Crippen LogP) is 1.98. The average Bonchev–Trinajstić information content (AvgIpc) is 2.73. The zero-order valence-electron chi connectivity index (χ0n) is 10.2. The molecule has 0 fully saturated rings. The van der Waals surface area contributed by atoms with Gasteiger partial charge in [-0.05, 0) is 41.1 Å². The number of aryl methyl sites for hydroxylation is 1. The maximum atomic E-state index is 12.2. The van der Waals surface area contributed by atoms with E-state index in [9.17, 15) is 13.2 Å². The summed E-state index contributed by atoms with van der Waals surface area (Å²) < 4.78 is 27.0. The van der Waals surface area contributed by atoms with Gasteiger partial charge in [0.2, 0.25) is 0 Å². The van der Waals surface area contributed by atoms with Crippen molar-refractivity contribution in [1.82, 2.24) is 10.2 Å². The quantitative estimate of drug-likeness (QED) is 0.772. The average molecular weight is 360 g/mol. The fourth-order valence-corrected chi connectivity index (χ4v) is 3.49. The number of sulfonamides is 1. The number of carboxylic acids is 1. The SMILES string of the molecule is Cc1cc(NS(=O)(=O)c2cc(C(=O)O)ccc2Br)n[nH]1. The molecule has 1 aromatic heterocycles. The van der Waals surface area contributed by atoms with Crippen LogP contribution in [0, 0.1) is 6.92 Å². The summed E-state index contributed by atoms with van der Waals surface area (Å²) in [7, 11) is -3.93. The summed E-state index contributed by atoms with van der Waals surface area (Å²) >= 11 is 3.09. The van der Waals surface area contributed by atoms with Crippen LogP contribution in [-0.4, -0.2) is 29.7 Å². The third-order valence-corrected chi connectivity index (χ3v) is 4.76. The number of nitrogens with zero attached hydrogens (tertiary/aromatic N) is 1. The summed E-state index contributed by atoms with van der Waals surface area (Å²) in [5.41, 5.74) is 0.577. The third-order valence-electron chi connectivity index (χ3n) is 2.41. The number of halogens is 1. The van der Waals surface area contributed by atoms with Crippen LogP contribution in [0.2, 0.25) is 0 Å². The van der Waals surface area contributed by atoms with E-state index in [1.807, 2.05) is 0 Å². The lowest BCUT2D eigenvalue weighted by molar-refractivity contribution is 0.0696. The zero-order valence-corrected chi connectivity index (χ0v) is 12.6. The molecule has 1 aromatic carbocycles. The van der Waals surface area contributed by atoms with Gasteiger partial charge < -0.3 is 5.11 Å². The van der Waals surface area contributed by atoms with Crippen molar-refractivity contribution in [3.63, 3.8) is 0 Å². The highest BCUT2D eigenvalue weighted by atomic mass is 79.9. The van der Waals surface area contributed by atoms with Crippen molar-refractivity contribution in [2.45, 2.75) is 11.8 Å². The second-order valence-corrected chi connectivity index (χ2v) is 6.50. The van der Waals surface area contributed by atoms with Gasteiger partial charge in [0, 0.05) is 16.2 Å². The highest BCUT2D eigenvalue weighted by Crippen LogP contribution is 2.25. The number of carboxylic acid groups (broad SMARTS) is 1. The molecule has 0 unspecified atom stereocenters. The number of nitrogens with one attached hydrogen (secondary N) is 2. The maximum absolute atomic E-state index is 12.2. The number of carbonyl (C=O) groups is 1. The van der Waals surface area contributed by atoms with Crippen molar-refractivity contribution in [2.75, 3.05) is 4.72 Å². The Balaban J connectivity index is 2.43. The van der Waals surface area contributed by atoms with Crippen molar-refractivity contribution in [2.24, 2.45) is 0 Å². The van der Waals surface area contributed by atoms with E-state index in [0.29, 0.717) is 5.69 Å². The Hall–Kier alpha value is -1.87. The van der Waals surface area contributed by atoms with E-state index in [1.54, 1.807) is 6.92 Å². The van der Waals surface area contributed by atoms with E-state index in [2.05, 4.69) is 30.8 Å². The number of aromatic nitrogens is 2. The van der Waals surface area contributed by atoms with Gasteiger partial charge in [-0.25, -0.2) is 13.2 Å². The number of aromatic amines is 1. The fraction of sp³-hybridized carbons (Fsp3) is 0.0909. The van der Waals surface area contributed by atoms with Crippen LogP contribution >= 0.6 is 15.9 Å². The normalized spacial score (nSPS) is 11.3. The van der Waals surface area contributed by atoms with Gasteiger partial charge in [-0.3, -0.25) is 9.82 Å². The minimum Gasteiger partial charge on any atom is -0.478 e. The first kappa shape index (κ1) is 14.5. The molecule has 0 aliphatic heterocycles. The van der Waals surface area contributed by atoms with Crippen molar-refractivity contribution in [3.8, 4) is 0 Å². The Bertz CT molecular complexity index is 770. The van der Waals surface area contributed by atoms with Crippen LogP contribution in [0.1, 0.15) is 16.1 Å². The standard InChI is InChI=1S/C11H10BrN3O4S/c1-6-4-10(14-13-6)15-20(18,19)9-5-7(11(16)17)2-3-8(9)12/h2-5H,1H3,(H,16,17)(H2,13,14,15). The first-order valence-electron chi connectivity index (χ1n) is 5.37. The second-order valence-electron chi connectivity index (χ2n) is 3.99. The highest BCUT2D eigenvalue weighted by molar-refractivity contribution is 9.10. The van der Waals surface area contributed by atoms with Gasteiger partial charge in [-0.2, -0.15) is 5.10 Å². The highest BCUT2D eigenvalue weighted by Gasteiger charge is 2.20. The summed E-state index contributed by atoms with van der Waals surface area (Å²) in [5.74, 6) is -1.07. The topological polar surface area (TPSA) is 112 Å².